The lowest BCUT2D eigenvalue weighted by Gasteiger charge is -2.32. The van der Waals surface area contributed by atoms with Gasteiger partial charge < -0.3 is 10.2 Å². The van der Waals surface area contributed by atoms with Crippen LogP contribution >= 0.6 is 11.6 Å². The van der Waals surface area contributed by atoms with Gasteiger partial charge in [0.2, 0.25) is 11.8 Å². The van der Waals surface area contributed by atoms with Crippen LogP contribution in [0.1, 0.15) is 49.9 Å². The summed E-state index contributed by atoms with van der Waals surface area (Å²) in [6.45, 7) is 7.85. The van der Waals surface area contributed by atoms with Gasteiger partial charge in [-0.1, -0.05) is 31.5 Å². The van der Waals surface area contributed by atoms with E-state index in [1.165, 1.54) is 51.4 Å². The molecule has 1 aromatic heterocycles. The number of pyridine rings is 1. The van der Waals surface area contributed by atoms with Gasteiger partial charge in [-0.25, -0.2) is 9.37 Å². The Balaban J connectivity index is 0.000000821. The topological polar surface area (TPSA) is 62.3 Å². The van der Waals surface area contributed by atoms with Gasteiger partial charge in [-0.15, -0.1) is 0 Å². The molecule has 0 atom stereocenters. The average molecular weight is 634 g/mol. The molecular formula is C30H31ClF7N3O2. The minimum Gasteiger partial charge on any atom is -0.359 e. The highest BCUT2D eigenvalue weighted by atomic mass is 35.5. The molecule has 0 spiro atoms. The number of aromatic nitrogens is 1. The molecule has 0 bridgehead atoms. The van der Waals surface area contributed by atoms with Crippen molar-refractivity contribution in [3.05, 3.63) is 81.9 Å². The number of nitrogens with one attached hydrogen (secondary N) is 1. The second kappa shape index (κ2) is 13.3. The lowest BCUT2D eigenvalue weighted by atomic mass is 9.81. The SMILES string of the molecule is CNC(=O)C(C)C.Cc1ccc(F)cc1-c1cc(Cl)ncc1N(C)C(=O)C(C)(C)c1cc(C(F)(F)F)cc(C(F)(F)F)c1. The molecule has 3 aromatic rings. The van der Waals surface area contributed by atoms with Crippen molar-refractivity contribution in [2.45, 2.75) is 52.4 Å². The predicted molar refractivity (Wildman–Crippen MR) is 151 cm³/mol. The fraction of sp³-hybridized carbons (Fsp3) is 0.367. The molecule has 1 N–H and O–H groups in total. The second-order valence-corrected chi connectivity index (χ2v) is 10.9. The van der Waals surface area contributed by atoms with Crippen LogP contribution in [0.4, 0.5) is 36.4 Å². The van der Waals surface area contributed by atoms with Gasteiger partial charge in [-0.3, -0.25) is 9.59 Å². The zero-order valence-electron chi connectivity index (χ0n) is 24.4. The summed E-state index contributed by atoms with van der Waals surface area (Å²) in [5.74, 6) is -1.17. The van der Waals surface area contributed by atoms with Gasteiger partial charge in [0.05, 0.1) is 28.4 Å². The molecule has 0 aliphatic rings. The van der Waals surface area contributed by atoms with Crippen LogP contribution in [0.15, 0.2) is 48.7 Å². The van der Waals surface area contributed by atoms with E-state index in [1.54, 1.807) is 14.0 Å². The van der Waals surface area contributed by atoms with E-state index in [0.29, 0.717) is 28.8 Å². The van der Waals surface area contributed by atoms with E-state index in [-0.39, 0.29) is 28.7 Å². The number of hydrogen-bond acceptors (Lipinski definition) is 3. The van der Waals surface area contributed by atoms with Crippen molar-refractivity contribution in [2.75, 3.05) is 19.0 Å². The fourth-order valence-electron chi connectivity index (χ4n) is 4.05. The molecule has 0 radical (unpaired) electrons. The Morgan fingerprint density at radius 3 is 1.84 bits per heavy atom. The number of carbonyl (C=O) groups is 2. The Kier molecular flexibility index (Phi) is 11.0. The maximum atomic E-state index is 14.0. The first kappa shape index (κ1) is 35.5. The van der Waals surface area contributed by atoms with Crippen molar-refractivity contribution in [3.63, 3.8) is 0 Å². The van der Waals surface area contributed by atoms with Gasteiger partial charge in [0.25, 0.3) is 0 Å². The first-order chi connectivity index (χ1) is 19.6. The van der Waals surface area contributed by atoms with E-state index in [0.717, 1.165) is 4.90 Å². The fourth-order valence-corrected chi connectivity index (χ4v) is 4.20. The zero-order chi connectivity index (χ0) is 33.1. The summed E-state index contributed by atoms with van der Waals surface area (Å²) in [5, 5.41) is 2.56. The Morgan fingerprint density at radius 2 is 1.40 bits per heavy atom. The Labute approximate surface area is 250 Å². The predicted octanol–water partition coefficient (Wildman–Crippen LogP) is 8.22. The second-order valence-electron chi connectivity index (χ2n) is 10.5. The van der Waals surface area contributed by atoms with Crippen molar-refractivity contribution in [3.8, 4) is 11.1 Å². The van der Waals surface area contributed by atoms with Crippen LogP contribution in [0.2, 0.25) is 5.15 Å². The van der Waals surface area contributed by atoms with Crippen LogP contribution in [0.5, 0.6) is 0 Å². The Hall–Kier alpha value is -3.67. The van der Waals surface area contributed by atoms with Crippen LogP contribution in [0.25, 0.3) is 11.1 Å². The summed E-state index contributed by atoms with van der Waals surface area (Å²) in [4.78, 5) is 28.9. The lowest BCUT2D eigenvalue weighted by molar-refractivity contribution is -0.143. The van der Waals surface area contributed by atoms with Crippen molar-refractivity contribution in [2.24, 2.45) is 5.92 Å². The molecule has 2 aromatic carbocycles. The van der Waals surface area contributed by atoms with E-state index in [1.807, 2.05) is 13.8 Å². The maximum absolute atomic E-state index is 14.0. The van der Waals surface area contributed by atoms with E-state index in [4.69, 9.17) is 11.6 Å². The third-order valence-electron chi connectivity index (χ3n) is 6.62. The largest absolute Gasteiger partial charge is 0.416 e. The van der Waals surface area contributed by atoms with Crippen molar-refractivity contribution >= 4 is 29.1 Å². The summed E-state index contributed by atoms with van der Waals surface area (Å²) in [6, 6.07) is 6.41. The van der Waals surface area contributed by atoms with Gasteiger partial charge in [0, 0.05) is 25.6 Å². The number of likely N-dealkylation sites (N-methyl/N-ethyl adjacent to an activating group) is 1. The van der Waals surface area contributed by atoms with Crippen LogP contribution in [0.3, 0.4) is 0 Å². The third-order valence-corrected chi connectivity index (χ3v) is 6.83. The lowest BCUT2D eigenvalue weighted by Crippen LogP contribution is -2.42. The van der Waals surface area contributed by atoms with E-state index >= 15 is 0 Å². The molecule has 2 amide bonds. The van der Waals surface area contributed by atoms with Crippen molar-refractivity contribution in [1.82, 2.24) is 10.3 Å². The zero-order valence-corrected chi connectivity index (χ0v) is 25.2. The van der Waals surface area contributed by atoms with E-state index in [2.05, 4.69) is 10.3 Å². The van der Waals surface area contributed by atoms with Gasteiger partial charge in [0.15, 0.2) is 0 Å². The minimum atomic E-state index is -5.07. The van der Waals surface area contributed by atoms with Crippen LogP contribution in [-0.2, 0) is 27.4 Å². The minimum absolute atomic E-state index is 0.00170. The monoisotopic (exact) mass is 633 g/mol. The summed E-state index contributed by atoms with van der Waals surface area (Å²) in [5.41, 5.74) is -3.91. The van der Waals surface area contributed by atoms with Gasteiger partial charge >= 0.3 is 12.4 Å². The van der Waals surface area contributed by atoms with Crippen LogP contribution in [0, 0.1) is 18.7 Å². The molecule has 0 unspecified atom stereocenters. The highest BCUT2D eigenvalue weighted by molar-refractivity contribution is 6.29. The summed E-state index contributed by atoms with van der Waals surface area (Å²) in [7, 11) is 2.94. The molecule has 0 saturated heterocycles. The number of halogens is 8. The van der Waals surface area contributed by atoms with Crippen LogP contribution < -0.4 is 10.2 Å². The molecule has 43 heavy (non-hydrogen) atoms. The third kappa shape index (κ3) is 8.68. The number of alkyl halides is 6. The Bertz CT molecular complexity index is 1450. The van der Waals surface area contributed by atoms with Gasteiger partial charge in [0.1, 0.15) is 11.0 Å². The number of aryl methyl sites for hydroxylation is 1. The number of benzene rings is 2. The molecule has 0 aliphatic heterocycles. The van der Waals surface area contributed by atoms with Crippen LogP contribution in [-0.4, -0.2) is 30.9 Å². The van der Waals surface area contributed by atoms with Crippen molar-refractivity contribution < 1.29 is 40.3 Å². The molecule has 13 heteroatoms. The molecule has 0 fully saturated rings. The summed E-state index contributed by atoms with van der Waals surface area (Å²) < 4.78 is 94.3. The standard InChI is InChI=1S/C25H20ClF7N2O.C5H11NO/c1-13-5-6-17(27)10-18(13)19-11-21(26)34-12-20(19)35(4)22(36)23(2,3)14-7-15(24(28,29)30)9-16(8-14)25(31,32)33;1-4(2)5(7)6-3/h5-12H,1-4H3;4H,1-3H3,(H,6,7). The number of carbonyl (C=O) groups excluding carboxylic acids is 2. The molecule has 1 heterocycles. The molecule has 3 rings (SSSR count). The first-order valence-corrected chi connectivity index (χ1v) is 13.2. The molecule has 0 saturated carbocycles. The van der Waals surface area contributed by atoms with Gasteiger partial charge in [-0.05, 0) is 73.9 Å². The molecule has 0 aliphatic carbocycles. The number of anilines is 1. The number of amides is 2. The number of hydrogen-bond donors (Lipinski definition) is 1. The first-order valence-electron chi connectivity index (χ1n) is 12.8. The Morgan fingerprint density at radius 1 is 0.884 bits per heavy atom. The van der Waals surface area contributed by atoms with E-state index < -0.39 is 46.2 Å². The molecule has 5 nitrogen and oxygen atoms in total. The number of rotatable bonds is 5. The highest BCUT2D eigenvalue weighted by Crippen LogP contribution is 2.41. The van der Waals surface area contributed by atoms with Crippen molar-refractivity contribution in [1.29, 1.82) is 0 Å². The summed E-state index contributed by atoms with van der Waals surface area (Å²) >= 11 is 6.03. The molecule has 234 valence electrons. The van der Waals surface area contributed by atoms with E-state index in [9.17, 15) is 40.3 Å². The highest BCUT2D eigenvalue weighted by Gasteiger charge is 2.41. The maximum Gasteiger partial charge on any atom is 0.416 e. The number of nitrogens with zero attached hydrogens (tertiary/aromatic N) is 2. The summed E-state index contributed by atoms with van der Waals surface area (Å²) in [6.07, 6.45) is -8.91. The van der Waals surface area contributed by atoms with Gasteiger partial charge in [-0.2, -0.15) is 26.3 Å². The average Bonchev–Trinajstić information content (AvgIpc) is 2.92. The molecular weight excluding hydrogens is 603 g/mol. The normalized spacial score (nSPS) is 12.0. The smallest absolute Gasteiger partial charge is 0.359 e. The quantitative estimate of drug-likeness (QED) is 0.228.